The van der Waals surface area contributed by atoms with Gasteiger partial charge < -0.3 is 19.7 Å². The molecule has 0 aliphatic heterocycles. The molecule has 2 aromatic carbocycles. The van der Waals surface area contributed by atoms with E-state index < -0.39 is 0 Å². The highest BCUT2D eigenvalue weighted by molar-refractivity contribution is 6.29. The number of benzene rings is 2. The number of pyridine rings is 1. The number of fused-ring (bicyclic) bond motifs is 1. The molecule has 0 fully saturated rings. The Bertz CT molecular complexity index is 943. The Morgan fingerprint density at radius 3 is 2.50 bits per heavy atom. The maximum Gasteiger partial charge on any atom is 0.161 e. The van der Waals surface area contributed by atoms with Crippen LogP contribution in [-0.4, -0.2) is 28.9 Å². The molecule has 0 spiro atoms. The maximum atomic E-state index is 9.97. The van der Waals surface area contributed by atoms with Gasteiger partial charge in [0.1, 0.15) is 5.15 Å². The molecular weight excluding hydrogens is 354 g/mol. The van der Waals surface area contributed by atoms with Gasteiger partial charge in [-0.25, -0.2) is 4.98 Å². The number of rotatable bonds is 6. The van der Waals surface area contributed by atoms with Crippen molar-refractivity contribution in [1.29, 1.82) is 0 Å². The summed E-state index contributed by atoms with van der Waals surface area (Å²) in [7, 11) is 1.59. The summed E-state index contributed by atoms with van der Waals surface area (Å²) in [6.45, 7) is 2.02. The van der Waals surface area contributed by atoms with Gasteiger partial charge in [0.25, 0.3) is 0 Å². The van der Waals surface area contributed by atoms with Crippen molar-refractivity contribution in [1.82, 2.24) is 4.98 Å². The van der Waals surface area contributed by atoms with Crippen molar-refractivity contribution in [2.45, 2.75) is 20.1 Å². The SMILES string of the molecule is CCOc1cc2cc(CO)c(CO)c(-c3ccnc(Cl)c3)c2cc1OC. The number of halogens is 1. The van der Waals surface area contributed by atoms with Crippen LogP contribution < -0.4 is 9.47 Å². The number of hydrogen-bond donors (Lipinski definition) is 2. The number of ether oxygens (including phenoxy) is 2. The molecule has 0 bridgehead atoms. The highest BCUT2D eigenvalue weighted by Crippen LogP contribution is 2.40. The van der Waals surface area contributed by atoms with Gasteiger partial charge in [-0.05, 0) is 70.3 Å². The van der Waals surface area contributed by atoms with E-state index in [1.807, 2.05) is 31.2 Å². The minimum atomic E-state index is -0.212. The van der Waals surface area contributed by atoms with Crippen LogP contribution in [0.1, 0.15) is 18.1 Å². The highest BCUT2D eigenvalue weighted by atomic mass is 35.5. The number of aliphatic hydroxyl groups excluding tert-OH is 2. The van der Waals surface area contributed by atoms with Crippen molar-refractivity contribution in [3.63, 3.8) is 0 Å². The van der Waals surface area contributed by atoms with Crippen LogP contribution in [-0.2, 0) is 13.2 Å². The maximum absolute atomic E-state index is 9.97. The molecular formula is C20H20ClNO4. The highest BCUT2D eigenvalue weighted by Gasteiger charge is 2.17. The van der Waals surface area contributed by atoms with Crippen molar-refractivity contribution in [2.75, 3.05) is 13.7 Å². The second kappa shape index (κ2) is 7.91. The molecule has 3 rings (SSSR count). The minimum absolute atomic E-state index is 0.187. The lowest BCUT2D eigenvalue weighted by Gasteiger charge is -2.18. The first-order valence-corrected chi connectivity index (χ1v) is 8.63. The molecule has 5 nitrogen and oxygen atoms in total. The fourth-order valence-electron chi connectivity index (χ4n) is 3.15. The minimum Gasteiger partial charge on any atom is -0.493 e. The third kappa shape index (κ3) is 3.33. The van der Waals surface area contributed by atoms with Crippen LogP contribution in [0.25, 0.3) is 21.9 Å². The molecule has 136 valence electrons. The van der Waals surface area contributed by atoms with E-state index in [9.17, 15) is 10.2 Å². The summed E-state index contributed by atoms with van der Waals surface area (Å²) in [6.07, 6.45) is 1.61. The van der Waals surface area contributed by atoms with Gasteiger partial charge in [0.2, 0.25) is 0 Å². The van der Waals surface area contributed by atoms with Crippen LogP contribution in [0.3, 0.4) is 0 Å². The van der Waals surface area contributed by atoms with E-state index in [0.29, 0.717) is 34.4 Å². The summed E-state index contributed by atoms with van der Waals surface area (Å²) in [4.78, 5) is 4.02. The number of methoxy groups -OCH3 is 1. The van der Waals surface area contributed by atoms with Gasteiger partial charge in [-0.15, -0.1) is 0 Å². The number of nitrogens with zero attached hydrogens (tertiary/aromatic N) is 1. The summed E-state index contributed by atoms with van der Waals surface area (Å²) in [5.74, 6) is 1.23. The van der Waals surface area contributed by atoms with E-state index in [1.165, 1.54) is 0 Å². The smallest absolute Gasteiger partial charge is 0.161 e. The molecule has 0 aliphatic carbocycles. The zero-order valence-electron chi connectivity index (χ0n) is 14.6. The summed E-state index contributed by atoms with van der Waals surface area (Å²) in [6, 6.07) is 9.17. The van der Waals surface area contributed by atoms with Gasteiger partial charge in [0.15, 0.2) is 11.5 Å². The van der Waals surface area contributed by atoms with Crippen LogP contribution in [0.15, 0.2) is 36.5 Å². The second-order valence-electron chi connectivity index (χ2n) is 5.73. The predicted octanol–water partition coefficient (Wildman–Crippen LogP) is 3.95. The molecule has 26 heavy (non-hydrogen) atoms. The van der Waals surface area contributed by atoms with Crippen molar-refractivity contribution in [3.8, 4) is 22.6 Å². The first kappa shape index (κ1) is 18.5. The summed E-state index contributed by atoms with van der Waals surface area (Å²) >= 11 is 6.07. The second-order valence-corrected chi connectivity index (χ2v) is 6.12. The first-order chi connectivity index (χ1) is 12.6. The van der Waals surface area contributed by atoms with E-state index >= 15 is 0 Å². The Kier molecular flexibility index (Phi) is 5.61. The van der Waals surface area contributed by atoms with Gasteiger partial charge in [0, 0.05) is 6.20 Å². The quantitative estimate of drug-likeness (QED) is 0.640. The predicted molar refractivity (Wildman–Crippen MR) is 102 cm³/mol. The van der Waals surface area contributed by atoms with Crippen molar-refractivity contribution in [3.05, 3.63) is 52.8 Å². The van der Waals surface area contributed by atoms with Gasteiger partial charge in [-0.2, -0.15) is 0 Å². The van der Waals surface area contributed by atoms with Crippen molar-refractivity contribution >= 4 is 22.4 Å². The van der Waals surface area contributed by atoms with Crippen LogP contribution in [0.2, 0.25) is 5.15 Å². The van der Waals surface area contributed by atoms with Gasteiger partial charge >= 0.3 is 0 Å². The van der Waals surface area contributed by atoms with Crippen molar-refractivity contribution in [2.24, 2.45) is 0 Å². The standard InChI is InChI=1S/C20H20ClNO4/c1-3-26-18-7-13-6-14(10-23)16(11-24)20(15(13)9-17(18)25-2)12-4-5-22-19(21)8-12/h4-9,23-24H,3,10-11H2,1-2H3. The van der Waals surface area contributed by atoms with Gasteiger partial charge in [-0.1, -0.05) is 11.6 Å². The Labute approximate surface area is 156 Å². The van der Waals surface area contributed by atoms with Gasteiger partial charge in [-0.3, -0.25) is 0 Å². The van der Waals surface area contributed by atoms with Gasteiger partial charge in [0.05, 0.1) is 26.9 Å². The molecule has 6 heteroatoms. The molecule has 3 aromatic rings. The number of aromatic nitrogens is 1. The lowest BCUT2D eigenvalue weighted by atomic mass is 9.90. The zero-order valence-corrected chi connectivity index (χ0v) is 15.4. The molecule has 1 aromatic heterocycles. The van der Waals surface area contributed by atoms with Crippen LogP contribution in [0.5, 0.6) is 11.5 Å². The largest absolute Gasteiger partial charge is 0.493 e. The van der Waals surface area contributed by atoms with E-state index in [0.717, 1.165) is 21.9 Å². The zero-order chi connectivity index (χ0) is 18.7. The Morgan fingerprint density at radius 2 is 1.88 bits per heavy atom. The van der Waals surface area contributed by atoms with Crippen LogP contribution in [0.4, 0.5) is 0 Å². The monoisotopic (exact) mass is 373 g/mol. The Balaban J connectivity index is 2.41. The normalized spacial score (nSPS) is 11.0. The average molecular weight is 374 g/mol. The van der Waals surface area contributed by atoms with Crippen LogP contribution in [0, 0.1) is 0 Å². The third-order valence-electron chi connectivity index (χ3n) is 4.27. The molecule has 1 heterocycles. The molecule has 2 N–H and O–H groups in total. The van der Waals surface area contributed by atoms with Crippen LogP contribution >= 0.6 is 11.6 Å². The summed E-state index contributed by atoms with van der Waals surface area (Å²) in [5.41, 5.74) is 2.89. The number of aliphatic hydroxyl groups is 2. The molecule has 0 saturated heterocycles. The van der Waals surface area contributed by atoms with E-state index in [4.69, 9.17) is 21.1 Å². The molecule has 0 saturated carbocycles. The van der Waals surface area contributed by atoms with E-state index in [-0.39, 0.29) is 13.2 Å². The summed E-state index contributed by atoms with van der Waals surface area (Å²) < 4.78 is 11.1. The van der Waals surface area contributed by atoms with E-state index in [1.54, 1.807) is 19.4 Å². The fraction of sp³-hybridized carbons (Fsp3) is 0.250. The molecule has 0 atom stereocenters. The molecule has 0 radical (unpaired) electrons. The third-order valence-corrected chi connectivity index (χ3v) is 4.47. The summed E-state index contributed by atoms with van der Waals surface area (Å²) in [5, 5.41) is 21.9. The Morgan fingerprint density at radius 1 is 1.08 bits per heavy atom. The first-order valence-electron chi connectivity index (χ1n) is 8.25. The average Bonchev–Trinajstić information content (AvgIpc) is 2.66. The molecule has 0 aliphatic rings. The lowest BCUT2D eigenvalue weighted by Crippen LogP contribution is -2.01. The molecule has 0 unspecified atom stereocenters. The molecule has 0 amide bonds. The van der Waals surface area contributed by atoms with Crippen molar-refractivity contribution < 1.29 is 19.7 Å². The van der Waals surface area contributed by atoms with E-state index in [2.05, 4.69) is 4.98 Å². The topological polar surface area (TPSA) is 71.8 Å². The number of hydrogen-bond acceptors (Lipinski definition) is 5. The lowest BCUT2D eigenvalue weighted by molar-refractivity contribution is 0.260. The Hall–Kier alpha value is -2.34. The fourth-order valence-corrected chi connectivity index (χ4v) is 3.32.